The quantitative estimate of drug-likeness (QED) is 0.823. The molecule has 1 aliphatic rings. The molecule has 0 spiro atoms. The second-order valence-corrected chi connectivity index (χ2v) is 8.38. The largest absolute Gasteiger partial charge is 0.336 e. The fourth-order valence-corrected chi connectivity index (χ4v) is 4.48. The number of rotatable bonds is 4. The smallest absolute Gasteiger partial charge is 0.256 e. The van der Waals surface area contributed by atoms with E-state index in [0.717, 1.165) is 11.1 Å². The van der Waals surface area contributed by atoms with Gasteiger partial charge in [0.25, 0.3) is 5.91 Å². The Morgan fingerprint density at radius 2 is 1.62 bits per heavy atom. The number of carbonyl (C=O) groups is 1. The van der Waals surface area contributed by atoms with Crippen LogP contribution in [0, 0.1) is 12.7 Å². The van der Waals surface area contributed by atoms with Crippen LogP contribution in [0.25, 0.3) is 0 Å². The zero-order chi connectivity index (χ0) is 18.7. The highest BCUT2D eigenvalue weighted by Crippen LogP contribution is 2.17. The van der Waals surface area contributed by atoms with Crippen LogP contribution >= 0.6 is 0 Å². The summed E-state index contributed by atoms with van der Waals surface area (Å²) in [5.41, 5.74) is 1.83. The molecule has 1 aliphatic heterocycles. The van der Waals surface area contributed by atoms with Gasteiger partial charge in [-0.05, 0) is 24.6 Å². The number of sulfonamides is 1. The molecular formula is C19H21FN2O3S. The van der Waals surface area contributed by atoms with Crippen LogP contribution in [-0.4, -0.2) is 49.7 Å². The lowest BCUT2D eigenvalue weighted by Crippen LogP contribution is -2.50. The predicted molar refractivity (Wildman–Crippen MR) is 97.7 cm³/mol. The number of nitrogens with zero attached hydrogens (tertiary/aromatic N) is 2. The van der Waals surface area contributed by atoms with Gasteiger partial charge in [-0.1, -0.05) is 42.0 Å². The molecule has 1 fully saturated rings. The summed E-state index contributed by atoms with van der Waals surface area (Å²) in [7, 11) is -3.45. The number of halogens is 1. The van der Waals surface area contributed by atoms with Gasteiger partial charge in [0.2, 0.25) is 10.0 Å². The van der Waals surface area contributed by atoms with E-state index in [1.54, 1.807) is 6.07 Å². The second kappa shape index (κ2) is 7.55. The molecule has 2 aromatic carbocycles. The monoisotopic (exact) mass is 376 g/mol. The van der Waals surface area contributed by atoms with Gasteiger partial charge in [-0.2, -0.15) is 4.31 Å². The summed E-state index contributed by atoms with van der Waals surface area (Å²) >= 11 is 0. The van der Waals surface area contributed by atoms with Gasteiger partial charge in [0.05, 0.1) is 11.3 Å². The molecule has 2 aromatic rings. The zero-order valence-corrected chi connectivity index (χ0v) is 15.4. The van der Waals surface area contributed by atoms with Gasteiger partial charge in [0.1, 0.15) is 5.82 Å². The highest BCUT2D eigenvalue weighted by Gasteiger charge is 2.30. The van der Waals surface area contributed by atoms with Gasteiger partial charge in [-0.25, -0.2) is 12.8 Å². The van der Waals surface area contributed by atoms with Gasteiger partial charge in [0.15, 0.2) is 0 Å². The van der Waals surface area contributed by atoms with E-state index in [9.17, 15) is 17.6 Å². The molecule has 1 saturated heterocycles. The lowest BCUT2D eigenvalue weighted by molar-refractivity contribution is 0.0693. The van der Waals surface area contributed by atoms with E-state index < -0.39 is 21.7 Å². The zero-order valence-electron chi connectivity index (χ0n) is 14.6. The number of hydrogen-bond acceptors (Lipinski definition) is 3. The van der Waals surface area contributed by atoms with Gasteiger partial charge in [-0.15, -0.1) is 0 Å². The van der Waals surface area contributed by atoms with Crippen LogP contribution in [0.2, 0.25) is 0 Å². The number of carbonyl (C=O) groups excluding carboxylic acids is 1. The lowest BCUT2D eigenvalue weighted by atomic mass is 10.1. The Morgan fingerprint density at radius 3 is 2.23 bits per heavy atom. The first kappa shape index (κ1) is 18.5. The van der Waals surface area contributed by atoms with Crippen LogP contribution in [0.15, 0.2) is 48.5 Å². The van der Waals surface area contributed by atoms with E-state index in [0.29, 0.717) is 0 Å². The van der Waals surface area contributed by atoms with Gasteiger partial charge >= 0.3 is 0 Å². The third-order valence-electron chi connectivity index (χ3n) is 4.49. The lowest BCUT2D eigenvalue weighted by Gasteiger charge is -2.34. The Morgan fingerprint density at radius 1 is 1.00 bits per heavy atom. The van der Waals surface area contributed by atoms with E-state index in [1.165, 1.54) is 27.4 Å². The first-order valence-corrected chi connectivity index (χ1v) is 10.0. The van der Waals surface area contributed by atoms with Crippen molar-refractivity contribution < 1.29 is 17.6 Å². The van der Waals surface area contributed by atoms with Gasteiger partial charge < -0.3 is 4.90 Å². The molecule has 0 unspecified atom stereocenters. The average Bonchev–Trinajstić information content (AvgIpc) is 2.63. The van der Waals surface area contributed by atoms with Crippen molar-refractivity contribution in [3.8, 4) is 0 Å². The number of benzene rings is 2. The normalized spacial score (nSPS) is 15.8. The summed E-state index contributed by atoms with van der Waals surface area (Å²) in [4.78, 5) is 13.9. The molecule has 0 saturated carbocycles. The molecule has 0 atom stereocenters. The molecule has 3 rings (SSSR count). The minimum Gasteiger partial charge on any atom is -0.336 e. The van der Waals surface area contributed by atoms with E-state index in [1.807, 2.05) is 31.2 Å². The van der Waals surface area contributed by atoms with E-state index >= 15 is 0 Å². The topological polar surface area (TPSA) is 57.7 Å². The molecule has 0 radical (unpaired) electrons. The van der Waals surface area contributed by atoms with Crippen molar-refractivity contribution in [2.24, 2.45) is 0 Å². The Kier molecular flexibility index (Phi) is 5.38. The highest BCUT2D eigenvalue weighted by molar-refractivity contribution is 7.88. The molecule has 0 aliphatic carbocycles. The molecule has 0 bridgehead atoms. The minimum absolute atomic E-state index is 0.0171. The van der Waals surface area contributed by atoms with Crippen LogP contribution in [0.1, 0.15) is 21.5 Å². The maximum atomic E-state index is 13.8. The van der Waals surface area contributed by atoms with Crippen LogP contribution < -0.4 is 0 Å². The summed E-state index contributed by atoms with van der Waals surface area (Å²) in [6.45, 7) is 2.88. The van der Waals surface area contributed by atoms with Crippen molar-refractivity contribution >= 4 is 15.9 Å². The predicted octanol–water partition coefficient (Wildman–Crippen LogP) is 2.42. The van der Waals surface area contributed by atoms with Gasteiger partial charge in [-0.3, -0.25) is 4.79 Å². The highest BCUT2D eigenvalue weighted by atomic mass is 32.2. The SMILES string of the molecule is Cc1ccc(CS(=O)(=O)N2CCN(C(=O)c3ccccc3F)CC2)cc1. The van der Waals surface area contributed by atoms with Crippen molar-refractivity contribution in [2.45, 2.75) is 12.7 Å². The fraction of sp³-hybridized carbons (Fsp3) is 0.316. The van der Waals surface area contributed by atoms with Crippen molar-refractivity contribution in [1.29, 1.82) is 0 Å². The molecular weight excluding hydrogens is 355 g/mol. The van der Waals surface area contributed by atoms with E-state index in [-0.39, 0.29) is 37.5 Å². The second-order valence-electron chi connectivity index (χ2n) is 6.41. The Labute approximate surface area is 153 Å². The molecule has 138 valence electrons. The van der Waals surface area contributed by atoms with E-state index in [4.69, 9.17) is 0 Å². The molecule has 0 aromatic heterocycles. The molecule has 5 nitrogen and oxygen atoms in total. The third-order valence-corrected chi connectivity index (χ3v) is 6.34. The molecule has 1 amide bonds. The fourth-order valence-electron chi connectivity index (χ4n) is 2.96. The van der Waals surface area contributed by atoms with Crippen LogP contribution in [0.4, 0.5) is 4.39 Å². The number of amides is 1. The maximum absolute atomic E-state index is 13.8. The van der Waals surface area contributed by atoms with Crippen molar-refractivity contribution in [3.63, 3.8) is 0 Å². The Bertz CT molecular complexity index is 889. The number of piperazine rings is 1. The van der Waals surface area contributed by atoms with Crippen molar-refractivity contribution in [3.05, 3.63) is 71.0 Å². The summed E-state index contributed by atoms with van der Waals surface area (Å²) in [6, 6.07) is 13.2. The summed E-state index contributed by atoms with van der Waals surface area (Å²) < 4.78 is 40.4. The third kappa shape index (κ3) is 4.11. The minimum atomic E-state index is -3.45. The molecule has 0 N–H and O–H groups in total. The average molecular weight is 376 g/mol. The standard InChI is InChI=1S/C19H21FN2O3S/c1-15-6-8-16(9-7-15)14-26(24,25)22-12-10-21(11-13-22)19(23)17-4-2-3-5-18(17)20/h2-9H,10-14H2,1H3. The molecule has 26 heavy (non-hydrogen) atoms. The maximum Gasteiger partial charge on any atom is 0.256 e. The van der Waals surface area contributed by atoms with Crippen LogP contribution in [-0.2, 0) is 15.8 Å². The summed E-state index contributed by atoms with van der Waals surface area (Å²) in [5.74, 6) is -1.03. The number of hydrogen-bond donors (Lipinski definition) is 0. The Hall–Kier alpha value is -2.25. The van der Waals surface area contributed by atoms with Crippen molar-refractivity contribution in [2.75, 3.05) is 26.2 Å². The molecule has 7 heteroatoms. The number of aryl methyl sites for hydroxylation is 1. The first-order chi connectivity index (χ1) is 12.4. The summed E-state index contributed by atoms with van der Waals surface area (Å²) in [6.07, 6.45) is 0. The Balaban J connectivity index is 1.63. The van der Waals surface area contributed by atoms with Crippen LogP contribution in [0.3, 0.4) is 0 Å². The molecule has 1 heterocycles. The van der Waals surface area contributed by atoms with Crippen molar-refractivity contribution in [1.82, 2.24) is 9.21 Å². The van der Waals surface area contributed by atoms with Gasteiger partial charge in [0, 0.05) is 26.2 Å². The first-order valence-electron chi connectivity index (χ1n) is 8.44. The summed E-state index contributed by atoms with van der Waals surface area (Å²) in [5, 5.41) is 0. The van der Waals surface area contributed by atoms with Crippen LogP contribution in [0.5, 0.6) is 0 Å². The van der Waals surface area contributed by atoms with E-state index in [2.05, 4.69) is 0 Å².